The largest absolute Gasteiger partial charge is 0.444 e. The minimum absolute atomic E-state index is 0.0210. The smallest absolute Gasteiger partial charge is 0.410 e. The lowest BCUT2D eigenvalue weighted by Gasteiger charge is -2.30. The first-order chi connectivity index (χ1) is 25.3. The van der Waals surface area contributed by atoms with Crippen molar-refractivity contribution < 1.29 is 42.6 Å². The van der Waals surface area contributed by atoms with Crippen LogP contribution >= 0.6 is 0 Å². The number of carbonyl (C=O) groups excluding carboxylic acids is 5. The fourth-order valence-electron chi connectivity index (χ4n) is 7.65. The number of halogens is 1. The predicted octanol–water partition coefficient (Wildman–Crippen LogP) is 2.98. The van der Waals surface area contributed by atoms with E-state index < -0.39 is 59.1 Å². The second-order valence-electron chi connectivity index (χ2n) is 15.7. The van der Waals surface area contributed by atoms with Crippen molar-refractivity contribution in [2.75, 3.05) is 45.9 Å². The highest BCUT2D eigenvalue weighted by molar-refractivity contribution is 5.98. The molecule has 14 nitrogen and oxygen atoms in total. The van der Waals surface area contributed by atoms with Crippen LogP contribution in [0.5, 0.6) is 0 Å². The normalized spacial score (nSPS) is 28.1. The third-order valence-electron chi connectivity index (χ3n) is 10.6. The number of carbonyl (C=O) groups is 5. The number of allylic oxidation sites excluding steroid dienone is 1. The number of benzene rings is 1. The third kappa shape index (κ3) is 9.47. The summed E-state index contributed by atoms with van der Waals surface area (Å²) in [6, 6.07) is 2.60. The number of ether oxygens (including phenoxy) is 3. The van der Waals surface area contributed by atoms with Gasteiger partial charge in [-0.05, 0) is 58.1 Å². The van der Waals surface area contributed by atoms with Crippen LogP contribution in [-0.4, -0.2) is 120 Å². The molecule has 5 aliphatic rings. The molecular weight excluding hydrogens is 687 g/mol. The number of rotatable bonds is 6. The van der Waals surface area contributed by atoms with E-state index in [2.05, 4.69) is 20.9 Å². The molecule has 4 aliphatic heterocycles. The van der Waals surface area contributed by atoms with Crippen LogP contribution in [0.15, 0.2) is 30.4 Å². The Labute approximate surface area is 310 Å². The summed E-state index contributed by atoms with van der Waals surface area (Å²) in [5.74, 6) is -1.96. The molecule has 2 saturated heterocycles. The van der Waals surface area contributed by atoms with Crippen molar-refractivity contribution in [2.45, 2.75) is 108 Å². The lowest BCUT2D eigenvalue weighted by Crippen LogP contribution is -2.58. The Hall–Kier alpha value is -4.24. The Morgan fingerprint density at radius 3 is 2.64 bits per heavy atom. The first-order valence-electron chi connectivity index (χ1n) is 18.9. The summed E-state index contributed by atoms with van der Waals surface area (Å²) in [6.07, 6.45) is 5.47. The molecule has 0 unspecified atom stereocenters. The van der Waals surface area contributed by atoms with Gasteiger partial charge in [0.25, 0.3) is 0 Å². The standard InChI is InChI=1S/C38H53FN6O8/c1-37(2,3)53-35(49)41-30-13-8-6-4-5-7-11-26-21-38(26,34(48)40-14-15-43-16-18-51-19-17-43)42-32(46)31-20-27(23-45(31)33(30)47)52-36(50)44-22-25-10-9-12-29(39)28(25)24-44/h7,9-12,26-27,30-31H,4-6,8,13-24H2,1-3H3,(H,40,48)(H,41,49)(H,42,46)/t26-,27-,30+,31+,38-/m1/s1. The average Bonchev–Trinajstić information content (AvgIpc) is 3.40. The monoisotopic (exact) mass is 740 g/mol. The van der Waals surface area contributed by atoms with Crippen molar-refractivity contribution in [1.82, 2.24) is 30.7 Å². The van der Waals surface area contributed by atoms with Crippen molar-refractivity contribution in [3.63, 3.8) is 0 Å². The van der Waals surface area contributed by atoms with Gasteiger partial charge < -0.3 is 35.1 Å². The molecule has 5 atom stereocenters. The van der Waals surface area contributed by atoms with E-state index in [-0.39, 0.29) is 37.9 Å². The Morgan fingerprint density at radius 1 is 1.09 bits per heavy atom. The highest BCUT2D eigenvalue weighted by Crippen LogP contribution is 2.45. The number of nitrogens with zero attached hydrogens (tertiary/aromatic N) is 3. The number of hydrogen-bond acceptors (Lipinski definition) is 9. The van der Waals surface area contributed by atoms with Gasteiger partial charge in [-0.1, -0.05) is 37.1 Å². The molecule has 0 radical (unpaired) electrons. The van der Waals surface area contributed by atoms with E-state index in [4.69, 9.17) is 14.2 Å². The maximum Gasteiger partial charge on any atom is 0.410 e. The molecule has 3 fully saturated rings. The molecule has 15 heteroatoms. The highest BCUT2D eigenvalue weighted by Gasteiger charge is 2.61. The number of morpholine rings is 1. The molecular formula is C38H53FN6O8. The average molecular weight is 741 g/mol. The van der Waals surface area contributed by atoms with Gasteiger partial charge >= 0.3 is 12.2 Å². The number of hydrogen-bond donors (Lipinski definition) is 3. The topological polar surface area (TPSA) is 159 Å². The van der Waals surface area contributed by atoms with Crippen LogP contribution in [0.3, 0.4) is 0 Å². The Morgan fingerprint density at radius 2 is 1.89 bits per heavy atom. The fraction of sp³-hybridized carbons (Fsp3) is 0.658. The zero-order chi connectivity index (χ0) is 37.8. The van der Waals surface area contributed by atoms with Gasteiger partial charge in [-0.2, -0.15) is 0 Å². The van der Waals surface area contributed by atoms with Crippen molar-refractivity contribution >= 4 is 29.9 Å². The van der Waals surface area contributed by atoms with Gasteiger partial charge in [0.15, 0.2) is 0 Å². The SMILES string of the molecule is CC(C)(C)OC(=O)N[C@H]1CCCCCC=C[C@@H]2C[C@@]2(C(=O)NCCN2CCOCC2)NC(=O)[C@@H]2C[C@@H](OC(=O)N3Cc4cccc(F)c4C3)CN2C1=O. The van der Waals surface area contributed by atoms with E-state index in [1.54, 1.807) is 32.9 Å². The van der Waals surface area contributed by atoms with Gasteiger partial charge in [0.05, 0.1) is 26.3 Å². The molecule has 4 heterocycles. The van der Waals surface area contributed by atoms with Gasteiger partial charge in [0.2, 0.25) is 17.7 Å². The van der Waals surface area contributed by atoms with Crippen molar-refractivity contribution in [3.05, 3.63) is 47.3 Å². The predicted molar refractivity (Wildman–Crippen MR) is 191 cm³/mol. The second kappa shape index (κ2) is 16.4. The van der Waals surface area contributed by atoms with Crippen LogP contribution in [-0.2, 0) is 41.7 Å². The lowest BCUT2D eigenvalue weighted by atomic mass is 10.0. The molecule has 5 amide bonds. The van der Waals surface area contributed by atoms with Crippen LogP contribution in [0.4, 0.5) is 14.0 Å². The molecule has 1 aromatic carbocycles. The third-order valence-corrected chi connectivity index (χ3v) is 10.6. The van der Waals surface area contributed by atoms with Crippen LogP contribution in [0.1, 0.15) is 76.8 Å². The van der Waals surface area contributed by atoms with E-state index in [1.165, 1.54) is 15.9 Å². The van der Waals surface area contributed by atoms with Gasteiger partial charge in [0.1, 0.15) is 35.1 Å². The molecule has 6 rings (SSSR count). The maximum absolute atomic E-state index is 14.4. The van der Waals surface area contributed by atoms with Gasteiger partial charge in [0, 0.05) is 50.6 Å². The van der Waals surface area contributed by atoms with Gasteiger partial charge in [-0.3, -0.25) is 24.2 Å². The quantitative estimate of drug-likeness (QED) is 0.373. The second-order valence-corrected chi connectivity index (χ2v) is 15.7. The lowest BCUT2D eigenvalue weighted by molar-refractivity contribution is -0.141. The van der Waals surface area contributed by atoms with E-state index >= 15 is 0 Å². The zero-order valence-electron chi connectivity index (χ0n) is 31.0. The summed E-state index contributed by atoms with van der Waals surface area (Å²) in [6.45, 7) is 9.20. The van der Waals surface area contributed by atoms with Crippen LogP contribution in [0.25, 0.3) is 0 Å². The summed E-state index contributed by atoms with van der Waals surface area (Å²) in [7, 11) is 0. The molecule has 0 aromatic heterocycles. The summed E-state index contributed by atoms with van der Waals surface area (Å²) < 4.78 is 31.2. The van der Waals surface area contributed by atoms with E-state index in [1.807, 2.05) is 12.2 Å². The van der Waals surface area contributed by atoms with Crippen LogP contribution in [0.2, 0.25) is 0 Å². The summed E-state index contributed by atoms with van der Waals surface area (Å²) in [5, 5.41) is 8.77. The molecule has 0 bridgehead atoms. The molecule has 3 N–H and O–H groups in total. The summed E-state index contributed by atoms with van der Waals surface area (Å²) in [5.41, 5.74) is -0.879. The van der Waals surface area contributed by atoms with Crippen molar-refractivity contribution in [3.8, 4) is 0 Å². The summed E-state index contributed by atoms with van der Waals surface area (Å²) >= 11 is 0. The fourth-order valence-corrected chi connectivity index (χ4v) is 7.65. The number of fused-ring (bicyclic) bond motifs is 3. The van der Waals surface area contributed by atoms with Crippen LogP contribution < -0.4 is 16.0 Å². The number of nitrogens with one attached hydrogen (secondary N) is 3. The zero-order valence-corrected chi connectivity index (χ0v) is 31.0. The molecule has 0 spiro atoms. The Kier molecular flexibility index (Phi) is 11.9. The van der Waals surface area contributed by atoms with Crippen molar-refractivity contribution in [2.24, 2.45) is 5.92 Å². The molecule has 1 saturated carbocycles. The first kappa shape index (κ1) is 38.5. The molecule has 290 valence electrons. The first-order valence-corrected chi connectivity index (χ1v) is 18.9. The Bertz CT molecular complexity index is 1580. The van der Waals surface area contributed by atoms with Crippen LogP contribution in [0, 0.1) is 11.7 Å². The molecule has 1 aromatic rings. The number of alkyl carbamates (subject to hydrolysis) is 1. The van der Waals surface area contributed by atoms with Gasteiger partial charge in [-0.25, -0.2) is 14.0 Å². The van der Waals surface area contributed by atoms with E-state index in [9.17, 15) is 28.4 Å². The summed E-state index contributed by atoms with van der Waals surface area (Å²) in [4.78, 5) is 73.7. The van der Waals surface area contributed by atoms with E-state index in [0.717, 1.165) is 32.4 Å². The molecule has 1 aliphatic carbocycles. The minimum Gasteiger partial charge on any atom is -0.444 e. The number of amides is 5. The van der Waals surface area contributed by atoms with E-state index in [0.29, 0.717) is 56.7 Å². The minimum atomic E-state index is -1.19. The van der Waals surface area contributed by atoms with Crippen molar-refractivity contribution in [1.29, 1.82) is 0 Å². The maximum atomic E-state index is 14.4. The Balaban J connectivity index is 1.21. The molecule has 53 heavy (non-hydrogen) atoms. The highest BCUT2D eigenvalue weighted by atomic mass is 19.1. The van der Waals surface area contributed by atoms with Gasteiger partial charge in [-0.15, -0.1) is 0 Å².